The number of amides is 1. The zero-order chi connectivity index (χ0) is 12.4. The number of aromatic nitrogens is 1. The fraction of sp³-hybridized carbons (Fsp3) is 0.250. The maximum Gasteiger partial charge on any atom is 0.328 e. The van der Waals surface area contributed by atoms with E-state index in [1.165, 1.54) is 0 Å². The second-order valence-corrected chi connectivity index (χ2v) is 3.95. The van der Waals surface area contributed by atoms with Crippen LogP contribution in [0.15, 0.2) is 18.3 Å². The molecule has 0 aliphatic carbocycles. The lowest BCUT2D eigenvalue weighted by molar-refractivity contribution is -0.131. The zero-order valence-electron chi connectivity index (χ0n) is 9.36. The number of carbonyl (C=O) groups is 2. The zero-order valence-corrected chi connectivity index (χ0v) is 9.36. The molecule has 1 aromatic rings. The molecule has 1 aliphatic heterocycles. The van der Waals surface area contributed by atoms with E-state index in [1.807, 2.05) is 6.07 Å². The number of nitrogens with zero attached hydrogens (tertiary/aromatic N) is 1. The number of pyridine rings is 1. The molecule has 0 radical (unpaired) electrons. The number of hydrogen-bond acceptors (Lipinski definition) is 3. The standard InChI is InChI=1S/C12H12N2O3/c1-7(4-11(16)17)9-5-8-2-3-10(15)14-12(8)13-6-9/h4-6H,2-3H2,1H3,(H,16,17)(H,13,14,15)/b7-4+. The molecule has 5 heteroatoms. The number of nitrogens with one attached hydrogen (secondary N) is 1. The van der Waals surface area contributed by atoms with E-state index >= 15 is 0 Å². The monoisotopic (exact) mass is 232 g/mol. The van der Waals surface area contributed by atoms with Crippen molar-refractivity contribution in [1.29, 1.82) is 0 Å². The Morgan fingerprint density at radius 2 is 2.29 bits per heavy atom. The third-order valence-corrected chi connectivity index (χ3v) is 2.64. The molecule has 2 rings (SSSR count). The smallest absolute Gasteiger partial charge is 0.328 e. The summed E-state index contributed by atoms with van der Waals surface area (Å²) in [6.07, 6.45) is 3.80. The minimum Gasteiger partial charge on any atom is -0.478 e. The van der Waals surface area contributed by atoms with Gasteiger partial charge >= 0.3 is 5.97 Å². The number of aryl methyl sites for hydroxylation is 1. The van der Waals surface area contributed by atoms with Crippen molar-refractivity contribution in [3.63, 3.8) is 0 Å². The molecule has 0 spiro atoms. The van der Waals surface area contributed by atoms with E-state index < -0.39 is 5.97 Å². The molecule has 1 amide bonds. The van der Waals surface area contributed by atoms with Gasteiger partial charge in [0.1, 0.15) is 5.82 Å². The van der Waals surface area contributed by atoms with Gasteiger partial charge in [-0.2, -0.15) is 0 Å². The van der Waals surface area contributed by atoms with Crippen LogP contribution in [0.2, 0.25) is 0 Å². The highest BCUT2D eigenvalue weighted by molar-refractivity contribution is 5.93. The summed E-state index contributed by atoms with van der Waals surface area (Å²) >= 11 is 0. The summed E-state index contributed by atoms with van der Waals surface area (Å²) in [5.41, 5.74) is 2.35. The van der Waals surface area contributed by atoms with Crippen LogP contribution >= 0.6 is 0 Å². The second-order valence-electron chi connectivity index (χ2n) is 3.95. The Morgan fingerprint density at radius 1 is 1.53 bits per heavy atom. The molecule has 17 heavy (non-hydrogen) atoms. The molecule has 88 valence electrons. The number of carboxylic acids is 1. The van der Waals surface area contributed by atoms with Crippen molar-refractivity contribution in [2.24, 2.45) is 0 Å². The van der Waals surface area contributed by atoms with Gasteiger partial charge < -0.3 is 10.4 Å². The molecule has 2 N–H and O–H groups in total. The first kappa shape index (κ1) is 11.3. The van der Waals surface area contributed by atoms with Gasteiger partial charge in [0.25, 0.3) is 0 Å². The fourth-order valence-electron chi connectivity index (χ4n) is 1.74. The van der Waals surface area contributed by atoms with E-state index in [0.29, 0.717) is 24.2 Å². The number of carboxylic acid groups (broad SMARTS) is 1. The van der Waals surface area contributed by atoms with E-state index in [2.05, 4.69) is 10.3 Å². The van der Waals surface area contributed by atoms with E-state index in [0.717, 1.165) is 17.2 Å². The lowest BCUT2D eigenvalue weighted by Gasteiger charge is -2.16. The van der Waals surface area contributed by atoms with Gasteiger partial charge in [-0.05, 0) is 36.1 Å². The van der Waals surface area contributed by atoms with Crippen molar-refractivity contribution >= 4 is 23.3 Å². The molecule has 0 unspecified atom stereocenters. The van der Waals surface area contributed by atoms with E-state index in [4.69, 9.17) is 5.11 Å². The highest BCUT2D eigenvalue weighted by atomic mass is 16.4. The number of carbonyl (C=O) groups excluding carboxylic acids is 1. The average molecular weight is 232 g/mol. The van der Waals surface area contributed by atoms with Crippen molar-refractivity contribution in [3.05, 3.63) is 29.5 Å². The van der Waals surface area contributed by atoms with Gasteiger partial charge in [-0.25, -0.2) is 9.78 Å². The van der Waals surface area contributed by atoms with Crippen LogP contribution in [0.5, 0.6) is 0 Å². The Hall–Kier alpha value is -2.17. The van der Waals surface area contributed by atoms with Gasteiger partial charge in [-0.1, -0.05) is 0 Å². The van der Waals surface area contributed by atoms with Crippen LogP contribution in [0.25, 0.3) is 5.57 Å². The van der Waals surface area contributed by atoms with Crippen LogP contribution in [0.1, 0.15) is 24.5 Å². The van der Waals surface area contributed by atoms with Crippen molar-refractivity contribution in [1.82, 2.24) is 4.98 Å². The number of hydrogen-bond donors (Lipinski definition) is 2. The summed E-state index contributed by atoms with van der Waals surface area (Å²) in [6, 6.07) is 1.87. The third kappa shape index (κ3) is 2.50. The quantitative estimate of drug-likeness (QED) is 0.756. The first-order valence-electron chi connectivity index (χ1n) is 5.26. The summed E-state index contributed by atoms with van der Waals surface area (Å²) in [5.74, 6) is -0.433. The Balaban J connectivity index is 2.34. The molecule has 0 fully saturated rings. The van der Waals surface area contributed by atoms with Crippen LogP contribution < -0.4 is 5.32 Å². The number of rotatable bonds is 2. The van der Waals surface area contributed by atoms with Crippen LogP contribution in [-0.2, 0) is 16.0 Å². The Kier molecular flexibility index (Phi) is 2.91. The van der Waals surface area contributed by atoms with Crippen molar-refractivity contribution < 1.29 is 14.7 Å². The fourth-order valence-corrected chi connectivity index (χ4v) is 1.74. The topological polar surface area (TPSA) is 79.3 Å². The molecule has 0 aromatic carbocycles. The molecule has 1 aromatic heterocycles. The maximum atomic E-state index is 11.1. The molecule has 0 bridgehead atoms. The summed E-state index contributed by atoms with van der Waals surface area (Å²) in [7, 11) is 0. The van der Waals surface area contributed by atoms with Gasteiger partial charge in [0, 0.05) is 18.7 Å². The van der Waals surface area contributed by atoms with Crippen molar-refractivity contribution in [3.8, 4) is 0 Å². The average Bonchev–Trinajstić information content (AvgIpc) is 2.27. The molecule has 0 atom stereocenters. The lowest BCUT2D eigenvalue weighted by Crippen LogP contribution is -2.20. The first-order chi connectivity index (χ1) is 8.06. The SMILES string of the molecule is C/C(=C\C(=O)O)c1cnc2c(c1)CCC(=O)N2. The Labute approximate surface area is 98.2 Å². The Morgan fingerprint density at radius 3 is 3.00 bits per heavy atom. The van der Waals surface area contributed by atoms with Gasteiger partial charge in [0.15, 0.2) is 0 Å². The number of anilines is 1. The van der Waals surface area contributed by atoms with Crippen LogP contribution in [0.3, 0.4) is 0 Å². The van der Waals surface area contributed by atoms with E-state index in [-0.39, 0.29) is 5.91 Å². The van der Waals surface area contributed by atoms with Gasteiger partial charge in [0.05, 0.1) is 0 Å². The number of allylic oxidation sites excluding steroid dienone is 1. The normalized spacial score (nSPS) is 15.1. The van der Waals surface area contributed by atoms with Gasteiger partial charge in [-0.15, -0.1) is 0 Å². The second kappa shape index (κ2) is 4.37. The predicted molar refractivity (Wildman–Crippen MR) is 62.5 cm³/mol. The van der Waals surface area contributed by atoms with Crippen molar-refractivity contribution in [2.45, 2.75) is 19.8 Å². The summed E-state index contributed by atoms with van der Waals surface area (Å²) in [6.45, 7) is 1.72. The van der Waals surface area contributed by atoms with Crippen LogP contribution in [0, 0.1) is 0 Å². The molecule has 1 aliphatic rings. The predicted octanol–water partition coefficient (Wildman–Crippen LogP) is 1.45. The van der Waals surface area contributed by atoms with Gasteiger partial charge in [0.2, 0.25) is 5.91 Å². The molecule has 0 saturated carbocycles. The lowest BCUT2D eigenvalue weighted by atomic mass is 10.0. The van der Waals surface area contributed by atoms with Crippen molar-refractivity contribution in [2.75, 3.05) is 5.32 Å². The van der Waals surface area contributed by atoms with E-state index in [9.17, 15) is 9.59 Å². The molecule has 0 saturated heterocycles. The summed E-state index contributed by atoms with van der Waals surface area (Å²) < 4.78 is 0. The molecule has 2 heterocycles. The summed E-state index contributed by atoms with van der Waals surface area (Å²) in [4.78, 5) is 25.8. The molecule has 5 nitrogen and oxygen atoms in total. The minimum atomic E-state index is -0.978. The number of aliphatic carboxylic acids is 1. The van der Waals surface area contributed by atoms with E-state index in [1.54, 1.807) is 13.1 Å². The largest absolute Gasteiger partial charge is 0.478 e. The highest BCUT2D eigenvalue weighted by Gasteiger charge is 2.16. The summed E-state index contributed by atoms with van der Waals surface area (Å²) in [5, 5.41) is 11.3. The molecular weight excluding hydrogens is 220 g/mol. The molecular formula is C12H12N2O3. The third-order valence-electron chi connectivity index (χ3n) is 2.64. The van der Waals surface area contributed by atoms with Crippen LogP contribution in [-0.4, -0.2) is 22.0 Å². The number of fused-ring (bicyclic) bond motifs is 1. The maximum absolute atomic E-state index is 11.1. The Bertz CT molecular complexity index is 520. The first-order valence-corrected chi connectivity index (χ1v) is 5.26. The van der Waals surface area contributed by atoms with Gasteiger partial charge in [-0.3, -0.25) is 4.79 Å². The van der Waals surface area contributed by atoms with Crippen LogP contribution in [0.4, 0.5) is 5.82 Å². The minimum absolute atomic E-state index is 0.0319. The highest BCUT2D eigenvalue weighted by Crippen LogP contribution is 2.23.